The van der Waals surface area contributed by atoms with Crippen molar-refractivity contribution in [1.29, 1.82) is 0 Å². The van der Waals surface area contributed by atoms with Gasteiger partial charge in [0.2, 0.25) is 10.0 Å². The van der Waals surface area contributed by atoms with Crippen LogP contribution in [0, 0.1) is 17.8 Å². The molecule has 1 spiro atoms. The first-order valence-electron chi connectivity index (χ1n) is 17.7. The van der Waals surface area contributed by atoms with Crippen molar-refractivity contribution in [1.82, 2.24) is 14.9 Å². The second-order valence-electron chi connectivity index (χ2n) is 15.4. The lowest BCUT2D eigenvalue weighted by Crippen LogP contribution is -2.64. The van der Waals surface area contributed by atoms with Crippen LogP contribution >= 0.6 is 11.6 Å². The molecule has 1 saturated heterocycles. The fourth-order valence-corrected chi connectivity index (χ4v) is 9.28. The second-order valence-corrected chi connectivity index (χ2v) is 17.9. The minimum absolute atomic E-state index is 0.0666. The minimum Gasteiger partial charge on any atom is -0.490 e. The molecule has 3 heterocycles. The van der Waals surface area contributed by atoms with Crippen molar-refractivity contribution in [2.75, 3.05) is 51.8 Å². The Morgan fingerprint density at radius 2 is 1.84 bits per heavy atom. The van der Waals surface area contributed by atoms with E-state index < -0.39 is 21.2 Å². The standard InChI is InChI=1S/C32H37ClN2O5S.C6H14N2/c1-20-5-3-7-29(36)26-11-8-24(26)17-35-18-32(14-4-6-22-15-25(33)10-12-27(22)32)19-40-30-13-9-23(16-28(30)35)31(37)34-41(38,39)21(20)2;1-6(8(2)3)4-7-5-6/h3,7,9-10,12-13,15-16,20-21,24,26H,4-6,8,11,14,17-19H2,1-2H3,(H,34,37);7H,4-5H2,1-3H3/b7-3+;/t20-,21+,24-,26+,32-;/m0./s1. The van der Waals surface area contributed by atoms with E-state index in [1.165, 1.54) is 11.1 Å². The van der Waals surface area contributed by atoms with Gasteiger partial charge in [0.1, 0.15) is 5.75 Å². The van der Waals surface area contributed by atoms with E-state index in [-0.39, 0.29) is 34.5 Å². The molecule has 9 nitrogen and oxygen atoms in total. The van der Waals surface area contributed by atoms with Crippen LogP contribution in [-0.4, -0.2) is 82.7 Å². The van der Waals surface area contributed by atoms with Gasteiger partial charge in [-0.15, -0.1) is 0 Å². The Morgan fingerprint density at radius 3 is 2.49 bits per heavy atom. The number of likely N-dealkylation sites (N-methyl/N-ethyl adjacent to an activating group) is 1. The van der Waals surface area contributed by atoms with Gasteiger partial charge in [-0.2, -0.15) is 0 Å². The van der Waals surface area contributed by atoms with Gasteiger partial charge in [0, 0.05) is 53.6 Å². The van der Waals surface area contributed by atoms with E-state index >= 15 is 0 Å². The maximum Gasteiger partial charge on any atom is 0.264 e. The number of ketones is 1. The zero-order valence-corrected chi connectivity index (χ0v) is 31.0. The van der Waals surface area contributed by atoms with E-state index in [1.807, 2.05) is 13.0 Å². The average Bonchev–Trinajstić information content (AvgIpc) is 3.17. The lowest BCUT2D eigenvalue weighted by atomic mass is 9.68. The molecule has 1 amide bonds. The first-order valence-corrected chi connectivity index (χ1v) is 19.6. The zero-order chi connectivity index (χ0) is 35.1. The summed E-state index contributed by atoms with van der Waals surface area (Å²) >= 11 is 6.37. The molecule has 1 saturated carbocycles. The number of carbonyl (C=O) groups is 2. The second kappa shape index (κ2) is 14.0. The third-order valence-corrected chi connectivity index (χ3v) is 14.1. The molecular formula is C38H51ClN4O5S. The molecular weight excluding hydrogens is 660 g/mol. The molecule has 266 valence electrons. The molecule has 2 aromatic rings. The number of nitrogens with one attached hydrogen (secondary N) is 2. The molecule has 49 heavy (non-hydrogen) atoms. The van der Waals surface area contributed by atoms with Crippen molar-refractivity contribution in [3.63, 3.8) is 0 Å². The minimum atomic E-state index is -3.93. The molecule has 5 aliphatic rings. The summed E-state index contributed by atoms with van der Waals surface area (Å²) in [6, 6.07) is 11.3. The highest BCUT2D eigenvalue weighted by Crippen LogP contribution is 2.46. The van der Waals surface area contributed by atoms with Crippen LogP contribution in [0.4, 0.5) is 5.69 Å². The molecule has 11 heteroatoms. The van der Waals surface area contributed by atoms with Crippen molar-refractivity contribution in [3.8, 4) is 5.75 Å². The number of fused-ring (bicyclic) bond motifs is 4. The Labute approximate surface area is 296 Å². The number of anilines is 1. The van der Waals surface area contributed by atoms with Crippen LogP contribution in [0.1, 0.15) is 74.4 Å². The van der Waals surface area contributed by atoms with Crippen LogP contribution in [-0.2, 0) is 26.7 Å². The third-order valence-electron chi connectivity index (χ3n) is 11.9. The number of carbonyl (C=O) groups excluding carboxylic acids is 2. The Morgan fingerprint density at radius 1 is 1.06 bits per heavy atom. The van der Waals surface area contributed by atoms with Crippen LogP contribution in [0.2, 0.25) is 5.02 Å². The van der Waals surface area contributed by atoms with Gasteiger partial charge in [-0.25, -0.2) is 13.1 Å². The summed E-state index contributed by atoms with van der Waals surface area (Å²) in [5, 5.41) is 3.16. The molecule has 2 N–H and O–H groups in total. The Balaban J connectivity index is 0.000000459. The highest BCUT2D eigenvalue weighted by molar-refractivity contribution is 7.90. The van der Waals surface area contributed by atoms with Gasteiger partial charge >= 0.3 is 0 Å². The summed E-state index contributed by atoms with van der Waals surface area (Å²) in [5.74, 6) is -0.0319. The lowest BCUT2D eigenvalue weighted by Gasteiger charge is -2.44. The highest BCUT2D eigenvalue weighted by atomic mass is 35.5. The molecule has 5 atom stereocenters. The van der Waals surface area contributed by atoms with Gasteiger partial charge in [0.25, 0.3) is 5.91 Å². The number of sulfonamides is 1. The lowest BCUT2D eigenvalue weighted by molar-refractivity contribution is -0.122. The number of nitrogens with zero attached hydrogens (tertiary/aromatic N) is 2. The first-order chi connectivity index (χ1) is 23.2. The van der Waals surface area contributed by atoms with Gasteiger partial charge in [-0.3, -0.25) is 9.59 Å². The number of benzene rings is 2. The smallest absolute Gasteiger partial charge is 0.264 e. The van der Waals surface area contributed by atoms with Crippen LogP contribution in [0.3, 0.4) is 0 Å². The molecule has 2 fully saturated rings. The molecule has 2 aliphatic carbocycles. The SMILES string of the molecule is CN(C)C1(C)CNC1.C[C@@H]1[C@@H](C)C/C=C/C(=O)[C@@H]2CC[C@H]2CN2C[C@@]3(CCCc4cc(Cl)ccc43)COc3ccc(cc32)C(=O)NS1(=O)=O. The molecule has 3 aliphatic heterocycles. The van der Waals surface area contributed by atoms with Crippen LogP contribution in [0.25, 0.3) is 0 Å². The normalized spacial score (nSPS) is 31.0. The molecule has 0 aromatic heterocycles. The maximum atomic E-state index is 13.3. The third kappa shape index (κ3) is 7.30. The Kier molecular flexibility index (Phi) is 10.3. The number of halogens is 1. The summed E-state index contributed by atoms with van der Waals surface area (Å²) in [7, 11) is 0.319. The van der Waals surface area contributed by atoms with Crippen molar-refractivity contribution < 1.29 is 22.7 Å². The number of aryl methyl sites for hydroxylation is 1. The van der Waals surface area contributed by atoms with Crippen LogP contribution in [0.15, 0.2) is 48.6 Å². The Bertz CT molecular complexity index is 1720. The van der Waals surface area contributed by atoms with Gasteiger partial charge in [0.05, 0.1) is 17.5 Å². The summed E-state index contributed by atoms with van der Waals surface area (Å²) in [4.78, 5) is 31.1. The predicted molar refractivity (Wildman–Crippen MR) is 195 cm³/mol. The number of allylic oxidation sites excluding steroid dienone is 2. The van der Waals surface area contributed by atoms with Crippen LogP contribution < -0.4 is 19.7 Å². The van der Waals surface area contributed by atoms with E-state index in [1.54, 1.807) is 37.3 Å². The van der Waals surface area contributed by atoms with Crippen LogP contribution in [0.5, 0.6) is 5.75 Å². The van der Waals surface area contributed by atoms with Gasteiger partial charge in [0.15, 0.2) is 5.78 Å². The van der Waals surface area contributed by atoms with Crippen molar-refractivity contribution in [2.24, 2.45) is 17.8 Å². The molecule has 0 unspecified atom stereocenters. The van der Waals surface area contributed by atoms with E-state index in [0.717, 1.165) is 55.9 Å². The van der Waals surface area contributed by atoms with E-state index in [9.17, 15) is 18.0 Å². The molecule has 7 rings (SSSR count). The number of ether oxygens (including phenoxy) is 1. The summed E-state index contributed by atoms with van der Waals surface area (Å²) in [6.45, 7) is 9.77. The zero-order valence-electron chi connectivity index (χ0n) is 29.4. The van der Waals surface area contributed by atoms with Gasteiger partial charge in [-0.05, 0) is 126 Å². The quantitative estimate of drug-likeness (QED) is 0.408. The first kappa shape index (κ1) is 35.9. The molecule has 2 bridgehead atoms. The molecule has 2 aromatic carbocycles. The number of hydrogen-bond donors (Lipinski definition) is 2. The van der Waals surface area contributed by atoms with Crippen molar-refractivity contribution in [2.45, 2.75) is 75.5 Å². The summed E-state index contributed by atoms with van der Waals surface area (Å²) < 4.78 is 35.0. The number of hydrogen-bond acceptors (Lipinski definition) is 8. The van der Waals surface area contributed by atoms with E-state index in [4.69, 9.17) is 16.3 Å². The fourth-order valence-electron chi connectivity index (χ4n) is 7.80. The van der Waals surface area contributed by atoms with Gasteiger partial charge < -0.3 is 19.9 Å². The monoisotopic (exact) mass is 710 g/mol. The Hall–Kier alpha value is -2.92. The van der Waals surface area contributed by atoms with E-state index in [0.29, 0.717) is 37.4 Å². The topological polar surface area (TPSA) is 108 Å². The number of amides is 1. The summed E-state index contributed by atoms with van der Waals surface area (Å²) in [5.41, 5.74) is 3.67. The largest absolute Gasteiger partial charge is 0.490 e. The number of rotatable bonds is 1. The van der Waals surface area contributed by atoms with Crippen molar-refractivity contribution >= 4 is 39.0 Å². The maximum absolute atomic E-state index is 13.3. The van der Waals surface area contributed by atoms with E-state index in [2.05, 4.69) is 53.0 Å². The predicted octanol–water partition coefficient (Wildman–Crippen LogP) is 5.36. The van der Waals surface area contributed by atoms with Crippen molar-refractivity contribution in [3.05, 3.63) is 70.3 Å². The van der Waals surface area contributed by atoms with Gasteiger partial charge in [-0.1, -0.05) is 30.7 Å². The average molecular weight is 711 g/mol. The fraction of sp³-hybridized carbons (Fsp3) is 0.579. The molecule has 0 radical (unpaired) electrons. The highest BCUT2D eigenvalue weighted by Gasteiger charge is 2.44. The summed E-state index contributed by atoms with van der Waals surface area (Å²) in [6.07, 6.45) is 8.60.